The third-order valence-corrected chi connectivity index (χ3v) is 3.85. The van der Waals surface area contributed by atoms with Gasteiger partial charge < -0.3 is 15.3 Å². The van der Waals surface area contributed by atoms with Crippen LogP contribution in [0.5, 0.6) is 0 Å². The SMILES string of the molecule is O=C(O)CCCCCCCCCCCCCCCC(O)O. The molecule has 0 bridgehead atoms. The minimum Gasteiger partial charge on any atom is -0.481 e. The van der Waals surface area contributed by atoms with Crippen molar-refractivity contribution < 1.29 is 20.1 Å². The van der Waals surface area contributed by atoms with Crippen molar-refractivity contribution in [3.05, 3.63) is 0 Å². The summed E-state index contributed by atoms with van der Waals surface area (Å²) in [4.78, 5) is 10.3. The van der Waals surface area contributed by atoms with Gasteiger partial charge in [0.25, 0.3) is 0 Å². The number of rotatable bonds is 16. The second-order valence-corrected chi connectivity index (χ2v) is 6.01. The molecule has 4 nitrogen and oxygen atoms in total. The van der Waals surface area contributed by atoms with Crippen LogP contribution in [0.15, 0.2) is 0 Å². The predicted octanol–water partition coefficient (Wildman–Crippen LogP) is 4.23. The van der Waals surface area contributed by atoms with Crippen LogP contribution in [0, 0.1) is 0 Å². The highest BCUT2D eigenvalue weighted by molar-refractivity contribution is 5.66. The number of aliphatic hydroxyl groups excluding tert-OH is 1. The molecule has 0 unspecified atom stereocenters. The van der Waals surface area contributed by atoms with E-state index < -0.39 is 12.3 Å². The van der Waals surface area contributed by atoms with E-state index >= 15 is 0 Å². The molecule has 0 heterocycles. The summed E-state index contributed by atoms with van der Waals surface area (Å²) in [5.74, 6) is -0.678. The van der Waals surface area contributed by atoms with Crippen molar-refractivity contribution in [2.75, 3.05) is 0 Å². The van der Waals surface area contributed by atoms with Gasteiger partial charge in [0, 0.05) is 6.42 Å². The summed E-state index contributed by atoms with van der Waals surface area (Å²) in [7, 11) is 0. The minimum absolute atomic E-state index is 0.317. The van der Waals surface area contributed by atoms with Gasteiger partial charge in [-0.25, -0.2) is 0 Å². The Morgan fingerprint density at radius 1 is 0.619 bits per heavy atom. The second kappa shape index (κ2) is 15.8. The molecule has 0 atom stereocenters. The summed E-state index contributed by atoms with van der Waals surface area (Å²) in [5.41, 5.74) is 0. The van der Waals surface area contributed by atoms with Crippen LogP contribution in [0.3, 0.4) is 0 Å². The number of carboxylic acids is 1. The molecule has 0 saturated carbocycles. The maximum absolute atomic E-state index is 10.3. The lowest BCUT2D eigenvalue weighted by Crippen LogP contribution is -2.02. The Balaban J connectivity index is 2.98. The summed E-state index contributed by atoms with van der Waals surface area (Å²) < 4.78 is 0. The molecule has 126 valence electrons. The smallest absolute Gasteiger partial charge is 0.303 e. The van der Waals surface area contributed by atoms with Gasteiger partial charge in [-0.05, 0) is 19.3 Å². The van der Waals surface area contributed by atoms with Crippen LogP contribution in [0.4, 0.5) is 0 Å². The van der Waals surface area contributed by atoms with Crippen LogP contribution in [0.25, 0.3) is 0 Å². The normalized spacial score (nSPS) is 11.2. The summed E-state index contributed by atoms with van der Waals surface area (Å²) >= 11 is 0. The highest BCUT2D eigenvalue weighted by Crippen LogP contribution is 2.13. The van der Waals surface area contributed by atoms with E-state index in [-0.39, 0.29) is 0 Å². The predicted molar refractivity (Wildman–Crippen MR) is 85.1 cm³/mol. The number of unbranched alkanes of at least 4 members (excludes halogenated alkanes) is 12. The fourth-order valence-electron chi connectivity index (χ4n) is 2.55. The maximum Gasteiger partial charge on any atom is 0.303 e. The summed E-state index contributed by atoms with van der Waals surface area (Å²) in [5, 5.41) is 25.9. The molecule has 0 aromatic carbocycles. The van der Waals surface area contributed by atoms with E-state index in [4.69, 9.17) is 15.3 Å². The van der Waals surface area contributed by atoms with Crippen molar-refractivity contribution >= 4 is 5.97 Å². The average molecular weight is 302 g/mol. The standard InChI is InChI=1S/C17H34O4/c18-16(19)14-12-10-8-6-4-2-1-3-5-7-9-11-13-15-17(20)21/h16,18-19H,1-15H2,(H,20,21). The van der Waals surface area contributed by atoms with Gasteiger partial charge in [0.2, 0.25) is 0 Å². The molecular weight excluding hydrogens is 268 g/mol. The van der Waals surface area contributed by atoms with Crippen LogP contribution in [-0.4, -0.2) is 27.6 Å². The molecule has 0 aliphatic carbocycles. The van der Waals surface area contributed by atoms with Crippen molar-refractivity contribution in [2.45, 2.75) is 103 Å². The van der Waals surface area contributed by atoms with Gasteiger partial charge in [-0.1, -0.05) is 70.6 Å². The monoisotopic (exact) mass is 302 g/mol. The number of aliphatic hydroxyl groups is 2. The zero-order valence-corrected chi connectivity index (χ0v) is 13.4. The molecule has 0 aromatic heterocycles. The van der Waals surface area contributed by atoms with Gasteiger partial charge in [-0.3, -0.25) is 4.79 Å². The van der Waals surface area contributed by atoms with E-state index in [1.165, 1.54) is 57.8 Å². The Labute approximate surface area is 129 Å². The molecule has 0 aliphatic rings. The molecule has 0 radical (unpaired) electrons. The summed E-state index contributed by atoms with van der Waals surface area (Å²) in [6.07, 6.45) is 15.0. The molecule has 0 amide bonds. The fourth-order valence-corrected chi connectivity index (χ4v) is 2.55. The van der Waals surface area contributed by atoms with Crippen LogP contribution < -0.4 is 0 Å². The molecule has 4 heteroatoms. The van der Waals surface area contributed by atoms with Gasteiger partial charge >= 0.3 is 5.97 Å². The maximum atomic E-state index is 10.3. The van der Waals surface area contributed by atoms with Crippen LogP contribution in [0.1, 0.15) is 96.3 Å². The highest BCUT2D eigenvalue weighted by Gasteiger charge is 1.98. The third-order valence-electron chi connectivity index (χ3n) is 3.85. The second-order valence-electron chi connectivity index (χ2n) is 6.01. The van der Waals surface area contributed by atoms with Crippen molar-refractivity contribution in [3.63, 3.8) is 0 Å². The van der Waals surface area contributed by atoms with Crippen LogP contribution in [-0.2, 0) is 4.79 Å². The molecule has 0 spiro atoms. The van der Waals surface area contributed by atoms with E-state index in [0.29, 0.717) is 12.8 Å². The van der Waals surface area contributed by atoms with Gasteiger partial charge in [0.05, 0.1) is 0 Å². The Morgan fingerprint density at radius 2 is 0.952 bits per heavy atom. The first-order valence-electron chi connectivity index (χ1n) is 8.71. The van der Waals surface area contributed by atoms with E-state index in [1.54, 1.807) is 0 Å². The average Bonchev–Trinajstić information content (AvgIpc) is 2.42. The largest absolute Gasteiger partial charge is 0.481 e. The molecule has 0 saturated heterocycles. The fraction of sp³-hybridized carbons (Fsp3) is 0.941. The Morgan fingerprint density at radius 3 is 1.29 bits per heavy atom. The van der Waals surface area contributed by atoms with Gasteiger partial charge in [0.15, 0.2) is 6.29 Å². The first-order valence-corrected chi connectivity index (χ1v) is 8.71. The quantitative estimate of drug-likeness (QED) is 0.294. The summed E-state index contributed by atoms with van der Waals surface area (Å²) in [6, 6.07) is 0. The first kappa shape index (κ1) is 20.4. The van der Waals surface area contributed by atoms with Crippen molar-refractivity contribution in [3.8, 4) is 0 Å². The van der Waals surface area contributed by atoms with Gasteiger partial charge in [-0.15, -0.1) is 0 Å². The van der Waals surface area contributed by atoms with Crippen LogP contribution >= 0.6 is 0 Å². The van der Waals surface area contributed by atoms with Crippen LogP contribution in [0.2, 0.25) is 0 Å². The summed E-state index contributed by atoms with van der Waals surface area (Å²) in [6.45, 7) is 0. The van der Waals surface area contributed by atoms with E-state index in [9.17, 15) is 4.79 Å². The number of hydrogen-bond acceptors (Lipinski definition) is 3. The number of aliphatic carboxylic acids is 1. The Bertz CT molecular complexity index is 229. The van der Waals surface area contributed by atoms with Crippen molar-refractivity contribution in [1.82, 2.24) is 0 Å². The first-order chi connectivity index (χ1) is 10.1. The molecule has 0 rings (SSSR count). The molecule has 0 aromatic rings. The van der Waals surface area contributed by atoms with E-state index in [0.717, 1.165) is 25.7 Å². The lowest BCUT2D eigenvalue weighted by atomic mass is 10.0. The van der Waals surface area contributed by atoms with Crippen molar-refractivity contribution in [2.24, 2.45) is 0 Å². The number of carbonyl (C=O) groups is 1. The third kappa shape index (κ3) is 19.4. The van der Waals surface area contributed by atoms with Crippen molar-refractivity contribution in [1.29, 1.82) is 0 Å². The zero-order valence-electron chi connectivity index (χ0n) is 13.4. The lowest BCUT2D eigenvalue weighted by Gasteiger charge is -2.04. The molecule has 0 fully saturated rings. The molecule has 21 heavy (non-hydrogen) atoms. The Hall–Kier alpha value is -0.610. The molecule has 3 N–H and O–H groups in total. The van der Waals surface area contributed by atoms with E-state index in [2.05, 4.69) is 0 Å². The van der Waals surface area contributed by atoms with E-state index in [1.807, 2.05) is 0 Å². The van der Waals surface area contributed by atoms with Gasteiger partial charge in [0.1, 0.15) is 0 Å². The molecular formula is C17H34O4. The zero-order chi connectivity index (χ0) is 15.8. The molecule has 0 aliphatic heterocycles. The highest BCUT2D eigenvalue weighted by atomic mass is 16.5. The minimum atomic E-state index is -1.13. The number of hydrogen-bond donors (Lipinski definition) is 3. The Kier molecular flexibility index (Phi) is 15.3. The van der Waals surface area contributed by atoms with Gasteiger partial charge in [-0.2, -0.15) is 0 Å². The lowest BCUT2D eigenvalue weighted by molar-refractivity contribution is -0.137. The number of carboxylic acid groups (broad SMARTS) is 1. The topological polar surface area (TPSA) is 77.8 Å².